The number of hydrogen-bond donors (Lipinski definition) is 3. The van der Waals surface area contributed by atoms with Gasteiger partial charge in [0.05, 0.1) is 16.3 Å². The van der Waals surface area contributed by atoms with Crippen molar-refractivity contribution in [3.8, 4) is 11.3 Å². The lowest BCUT2D eigenvalue weighted by Crippen LogP contribution is -2.42. The van der Waals surface area contributed by atoms with Gasteiger partial charge in [-0.05, 0) is 11.4 Å². The third kappa shape index (κ3) is 4.80. The summed E-state index contributed by atoms with van der Waals surface area (Å²) in [7, 11) is 0. The standard InChI is InChI=1S/C17H14N4O3S2/c22-14-9-12(11-5-2-1-3-6-11)18-17(19-14)26-10-15(23)20-21-16(24)13-7-4-8-25-13/h1-9H,10H2,(H,20,23)(H,21,24)(H,18,19,22). The van der Waals surface area contributed by atoms with Crippen LogP contribution in [0.2, 0.25) is 0 Å². The number of hydrogen-bond acceptors (Lipinski definition) is 6. The van der Waals surface area contributed by atoms with E-state index in [9.17, 15) is 14.4 Å². The Balaban J connectivity index is 1.57. The highest BCUT2D eigenvalue weighted by Gasteiger charge is 2.10. The first-order chi connectivity index (χ1) is 12.6. The van der Waals surface area contributed by atoms with Crippen LogP contribution in [0.5, 0.6) is 0 Å². The second-order valence-electron chi connectivity index (χ2n) is 5.07. The molecule has 3 aromatic rings. The summed E-state index contributed by atoms with van der Waals surface area (Å²) >= 11 is 2.35. The molecule has 7 nitrogen and oxygen atoms in total. The molecule has 0 saturated heterocycles. The number of thiophene rings is 1. The van der Waals surface area contributed by atoms with Crippen LogP contribution in [-0.2, 0) is 4.79 Å². The minimum atomic E-state index is -0.410. The van der Waals surface area contributed by atoms with E-state index in [0.717, 1.165) is 17.3 Å². The fraction of sp³-hybridized carbons (Fsp3) is 0.0588. The zero-order valence-electron chi connectivity index (χ0n) is 13.4. The first-order valence-electron chi connectivity index (χ1n) is 7.54. The number of aromatic amines is 1. The van der Waals surface area contributed by atoms with Crippen LogP contribution in [0.15, 0.2) is 63.9 Å². The van der Waals surface area contributed by atoms with Crippen LogP contribution >= 0.6 is 23.1 Å². The minimum absolute atomic E-state index is 0.00803. The molecule has 26 heavy (non-hydrogen) atoms. The van der Waals surface area contributed by atoms with Crippen LogP contribution in [-0.4, -0.2) is 27.5 Å². The highest BCUT2D eigenvalue weighted by Crippen LogP contribution is 2.18. The van der Waals surface area contributed by atoms with Crippen LogP contribution in [0.1, 0.15) is 9.67 Å². The fourth-order valence-corrected chi connectivity index (χ4v) is 3.32. The van der Waals surface area contributed by atoms with E-state index in [2.05, 4.69) is 20.8 Å². The van der Waals surface area contributed by atoms with Gasteiger partial charge in [0.2, 0.25) is 5.91 Å². The predicted octanol–water partition coefficient (Wildman–Crippen LogP) is 2.05. The number of nitrogens with one attached hydrogen (secondary N) is 3. The summed E-state index contributed by atoms with van der Waals surface area (Å²) in [6.07, 6.45) is 0. The van der Waals surface area contributed by atoms with Crippen molar-refractivity contribution >= 4 is 34.9 Å². The smallest absolute Gasteiger partial charge is 0.279 e. The number of carbonyl (C=O) groups excluding carboxylic acids is 2. The summed E-state index contributed by atoms with van der Waals surface area (Å²) < 4.78 is 0. The molecular formula is C17H14N4O3S2. The Morgan fingerprint density at radius 3 is 2.65 bits per heavy atom. The molecule has 0 unspecified atom stereocenters. The van der Waals surface area contributed by atoms with Crippen molar-refractivity contribution < 1.29 is 9.59 Å². The van der Waals surface area contributed by atoms with Crippen LogP contribution in [0.3, 0.4) is 0 Å². The maximum absolute atomic E-state index is 11.9. The lowest BCUT2D eigenvalue weighted by Gasteiger charge is -2.06. The molecule has 0 saturated carbocycles. The van der Waals surface area contributed by atoms with E-state index in [-0.39, 0.29) is 17.2 Å². The lowest BCUT2D eigenvalue weighted by atomic mass is 10.1. The van der Waals surface area contributed by atoms with Gasteiger partial charge in [-0.3, -0.25) is 25.2 Å². The summed E-state index contributed by atoms with van der Waals surface area (Å²) in [5.41, 5.74) is 5.71. The number of nitrogens with zero attached hydrogens (tertiary/aromatic N) is 1. The summed E-state index contributed by atoms with van der Waals surface area (Å²) in [5, 5.41) is 2.10. The van der Waals surface area contributed by atoms with Crippen LogP contribution in [0.4, 0.5) is 0 Å². The first-order valence-corrected chi connectivity index (χ1v) is 9.40. The average molecular weight is 386 g/mol. The van der Waals surface area contributed by atoms with Crippen molar-refractivity contribution in [3.63, 3.8) is 0 Å². The van der Waals surface area contributed by atoms with Gasteiger partial charge in [0, 0.05) is 11.6 Å². The van der Waals surface area contributed by atoms with Crippen LogP contribution in [0, 0.1) is 0 Å². The van der Waals surface area contributed by atoms with Gasteiger partial charge in [0.1, 0.15) is 0 Å². The molecule has 3 N–H and O–H groups in total. The Morgan fingerprint density at radius 1 is 1.12 bits per heavy atom. The third-order valence-corrected chi connectivity index (χ3v) is 4.93. The second kappa shape index (κ2) is 8.45. The molecule has 0 aliphatic heterocycles. The second-order valence-corrected chi connectivity index (χ2v) is 6.98. The Morgan fingerprint density at radius 2 is 1.92 bits per heavy atom. The van der Waals surface area contributed by atoms with Crippen molar-refractivity contribution in [1.29, 1.82) is 0 Å². The summed E-state index contributed by atoms with van der Waals surface area (Å²) in [6.45, 7) is 0. The number of amides is 2. The Hall–Kier alpha value is -2.91. The molecule has 9 heteroatoms. The Labute approximate surface area is 156 Å². The molecule has 0 bridgehead atoms. The molecule has 0 spiro atoms. The number of carbonyl (C=O) groups is 2. The molecule has 3 rings (SSSR count). The number of rotatable bonds is 5. The quantitative estimate of drug-likeness (QED) is 0.354. The third-order valence-electron chi connectivity index (χ3n) is 3.19. The number of aromatic nitrogens is 2. The minimum Gasteiger partial charge on any atom is -0.301 e. The molecule has 0 aliphatic rings. The average Bonchev–Trinajstić information content (AvgIpc) is 3.19. The van der Waals surface area contributed by atoms with Gasteiger partial charge in [-0.25, -0.2) is 4.98 Å². The van der Waals surface area contributed by atoms with Crippen LogP contribution in [0.25, 0.3) is 11.3 Å². The van der Waals surface area contributed by atoms with E-state index in [0.29, 0.717) is 15.7 Å². The lowest BCUT2D eigenvalue weighted by molar-refractivity contribution is -0.119. The molecule has 2 heterocycles. The molecule has 2 amide bonds. The van der Waals surface area contributed by atoms with Crippen molar-refractivity contribution in [3.05, 3.63) is 69.1 Å². The summed E-state index contributed by atoms with van der Waals surface area (Å²) in [4.78, 5) is 42.9. The Kier molecular flexibility index (Phi) is 5.82. The first kappa shape index (κ1) is 17.9. The number of benzene rings is 1. The maximum atomic E-state index is 11.9. The van der Waals surface area contributed by atoms with Crippen LogP contribution < -0.4 is 16.4 Å². The topological polar surface area (TPSA) is 104 Å². The zero-order chi connectivity index (χ0) is 18.4. The molecule has 132 valence electrons. The van der Waals surface area contributed by atoms with Gasteiger partial charge >= 0.3 is 0 Å². The highest BCUT2D eigenvalue weighted by molar-refractivity contribution is 7.99. The van der Waals surface area contributed by atoms with Gasteiger partial charge in [-0.15, -0.1) is 11.3 Å². The van der Waals surface area contributed by atoms with Gasteiger partial charge in [0.25, 0.3) is 11.5 Å². The van der Waals surface area contributed by atoms with Gasteiger partial charge in [-0.2, -0.15) is 0 Å². The van der Waals surface area contributed by atoms with Crippen molar-refractivity contribution in [2.75, 3.05) is 5.75 Å². The molecule has 0 atom stereocenters. The zero-order valence-corrected chi connectivity index (χ0v) is 15.0. The van der Waals surface area contributed by atoms with Gasteiger partial charge in [-0.1, -0.05) is 48.2 Å². The SMILES string of the molecule is O=C(CSc1nc(-c2ccccc2)cc(=O)[nH]1)NNC(=O)c1cccs1. The maximum Gasteiger partial charge on any atom is 0.279 e. The number of thioether (sulfide) groups is 1. The van der Waals surface area contributed by atoms with Gasteiger partial charge in [0.15, 0.2) is 5.16 Å². The molecule has 0 radical (unpaired) electrons. The van der Waals surface area contributed by atoms with E-state index in [1.54, 1.807) is 17.5 Å². The van der Waals surface area contributed by atoms with Gasteiger partial charge < -0.3 is 4.98 Å². The van der Waals surface area contributed by atoms with Crippen molar-refractivity contribution in [2.24, 2.45) is 0 Å². The Bertz CT molecular complexity index is 956. The predicted molar refractivity (Wildman–Crippen MR) is 101 cm³/mol. The molecule has 2 aromatic heterocycles. The number of hydrazine groups is 1. The molecule has 0 fully saturated rings. The largest absolute Gasteiger partial charge is 0.301 e. The van der Waals surface area contributed by atoms with Crippen molar-refractivity contribution in [2.45, 2.75) is 5.16 Å². The van der Waals surface area contributed by atoms with E-state index in [4.69, 9.17) is 0 Å². The van der Waals surface area contributed by atoms with E-state index in [1.807, 2.05) is 30.3 Å². The summed E-state index contributed by atoms with van der Waals surface area (Å²) in [5.74, 6) is -0.796. The molecular weight excluding hydrogens is 372 g/mol. The molecule has 1 aromatic carbocycles. The summed E-state index contributed by atoms with van der Waals surface area (Å²) in [6, 6.07) is 14.1. The highest BCUT2D eigenvalue weighted by atomic mass is 32.2. The van der Waals surface area contributed by atoms with E-state index < -0.39 is 5.91 Å². The van der Waals surface area contributed by atoms with E-state index in [1.165, 1.54) is 17.4 Å². The normalized spacial score (nSPS) is 10.3. The fourth-order valence-electron chi connectivity index (χ4n) is 2.03. The van der Waals surface area contributed by atoms with E-state index >= 15 is 0 Å². The molecule has 0 aliphatic carbocycles. The monoisotopic (exact) mass is 386 g/mol. The number of H-pyrrole nitrogens is 1. The van der Waals surface area contributed by atoms with Crippen molar-refractivity contribution in [1.82, 2.24) is 20.8 Å².